The first-order chi connectivity index (χ1) is 14.0. The van der Waals surface area contributed by atoms with Crippen LogP contribution in [0.4, 0.5) is 23.4 Å². The van der Waals surface area contributed by atoms with Crippen LogP contribution in [0.1, 0.15) is 46.8 Å². The van der Waals surface area contributed by atoms with Gasteiger partial charge in [0.2, 0.25) is 0 Å². The molecule has 1 heterocycles. The lowest BCUT2D eigenvalue weighted by Crippen LogP contribution is -2.16. The number of carbonyl (C=O) groups excluding carboxylic acids is 1. The molecule has 3 rings (SSSR count). The number of carbonyl (C=O) groups is 1. The third-order valence-electron chi connectivity index (χ3n) is 4.85. The molecule has 0 fully saturated rings. The van der Waals surface area contributed by atoms with E-state index in [4.69, 9.17) is 0 Å². The highest BCUT2D eigenvalue weighted by molar-refractivity contribution is 6.04. The summed E-state index contributed by atoms with van der Waals surface area (Å²) in [6, 6.07) is 9.71. The van der Waals surface area contributed by atoms with Crippen molar-refractivity contribution in [2.75, 3.05) is 5.32 Å². The Morgan fingerprint density at radius 2 is 1.80 bits per heavy atom. The Labute approximate surface area is 171 Å². The first-order valence-corrected chi connectivity index (χ1v) is 9.30. The molecular weight excluding hydrogens is 398 g/mol. The second kappa shape index (κ2) is 7.93. The van der Waals surface area contributed by atoms with Gasteiger partial charge in [-0.3, -0.25) is 9.48 Å². The van der Waals surface area contributed by atoms with E-state index >= 15 is 0 Å². The van der Waals surface area contributed by atoms with Crippen molar-refractivity contribution in [3.8, 4) is 11.3 Å². The van der Waals surface area contributed by atoms with Crippen molar-refractivity contribution in [3.05, 3.63) is 70.5 Å². The molecule has 2 aromatic carbocycles. The minimum atomic E-state index is -4.82. The summed E-state index contributed by atoms with van der Waals surface area (Å²) < 4.78 is 53.3. The molecule has 4 nitrogen and oxygen atoms in total. The number of nitrogens with zero attached hydrogens (tertiary/aromatic N) is 2. The van der Waals surface area contributed by atoms with Gasteiger partial charge in [-0.2, -0.15) is 18.3 Å². The predicted molar refractivity (Wildman–Crippen MR) is 107 cm³/mol. The molecule has 30 heavy (non-hydrogen) atoms. The van der Waals surface area contributed by atoms with Gasteiger partial charge in [-0.15, -0.1) is 0 Å². The van der Waals surface area contributed by atoms with Gasteiger partial charge in [0.05, 0.1) is 11.3 Å². The van der Waals surface area contributed by atoms with E-state index in [2.05, 4.69) is 24.3 Å². The molecule has 0 radical (unpaired) electrons. The number of aryl methyl sites for hydroxylation is 2. The summed E-state index contributed by atoms with van der Waals surface area (Å²) in [4.78, 5) is 12.4. The number of rotatable bonds is 4. The van der Waals surface area contributed by atoms with E-state index in [1.165, 1.54) is 10.2 Å². The summed E-state index contributed by atoms with van der Waals surface area (Å²) >= 11 is 0. The molecule has 0 spiro atoms. The zero-order valence-electron chi connectivity index (χ0n) is 16.9. The topological polar surface area (TPSA) is 46.9 Å². The molecule has 0 aliphatic heterocycles. The van der Waals surface area contributed by atoms with Crippen LogP contribution in [0.25, 0.3) is 11.3 Å². The second-order valence-corrected chi connectivity index (χ2v) is 7.41. The van der Waals surface area contributed by atoms with E-state index in [0.717, 1.165) is 17.2 Å². The van der Waals surface area contributed by atoms with Gasteiger partial charge < -0.3 is 5.32 Å². The standard InChI is InChI=1S/C22H21F4N3O/c1-12(2)16-7-5-14(9-13(16)3)19-11-20(29(4)28-19)27-21(30)15-6-8-17(18(23)10-15)22(24,25)26/h5-12H,1-4H3,(H,27,30). The normalized spacial score (nSPS) is 11.8. The fourth-order valence-corrected chi connectivity index (χ4v) is 3.28. The van der Waals surface area contributed by atoms with E-state index in [9.17, 15) is 22.4 Å². The number of halogens is 4. The van der Waals surface area contributed by atoms with E-state index in [0.29, 0.717) is 29.6 Å². The van der Waals surface area contributed by atoms with E-state index in [1.807, 2.05) is 25.1 Å². The Kier molecular flexibility index (Phi) is 5.70. The van der Waals surface area contributed by atoms with Gasteiger partial charge >= 0.3 is 6.18 Å². The molecular formula is C22H21F4N3O. The summed E-state index contributed by atoms with van der Waals surface area (Å²) in [7, 11) is 1.63. The highest BCUT2D eigenvalue weighted by Crippen LogP contribution is 2.32. The number of nitrogens with one attached hydrogen (secondary N) is 1. The van der Waals surface area contributed by atoms with E-state index < -0.39 is 23.5 Å². The van der Waals surface area contributed by atoms with Crippen LogP contribution in [0.2, 0.25) is 0 Å². The monoisotopic (exact) mass is 419 g/mol. The van der Waals surface area contributed by atoms with Crippen molar-refractivity contribution < 1.29 is 22.4 Å². The van der Waals surface area contributed by atoms with Crippen LogP contribution in [0.15, 0.2) is 42.5 Å². The molecule has 1 aromatic heterocycles. The molecule has 0 unspecified atom stereocenters. The molecule has 0 saturated heterocycles. The van der Waals surface area contributed by atoms with Crippen LogP contribution in [0.3, 0.4) is 0 Å². The van der Waals surface area contributed by atoms with Crippen LogP contribution in [0.5, 0.6) is 0 Å². The van der Waals surface area contributed by atoms with Crippen LogP contribution in [0, 0.1) is 12.7 Å². The molecule has 1 N–H and O–H groups in total. The smallest absolute Gasteiger partial charge is 0.307 e. The number of alkyl halides is 3. The second-order valence-electron chi connectivity index (χ2n) is 7.41. The molecule has 8 heteroatoms. The van der Waals surface area contributed by atoms with Crippen LogP contribution >= 0.6 is 0 Å². The Hall–Kier alpha value is -3.16. The van der Waals surface area contributed by atoms with Crippen molar-refractivity contribution in [2.45, 2.75) is 32.9 Å². The number of amides is 1. The van der Waals surface area contributed by atoms with Gasteiger partial charge in [0, 0.05) is 24.2 Å². The van der Waals surface area contributed by atoms with Crippen LogP contribution in [-0.2, 0) is 13.2 Å². The molecule has 0 saturated carbocycles. The molecule has 0 aliphatic rings. The summed E-state index contributed by atoms with van der Waals surface area (Å²) in [6.45, 7) is 6.24. The summed E-state index contributed by atoms with van der Waals surface area (Å²) in [6.07, 6.45) is -4.82. The summed E-state index contributed by atoms with van der Waals surface area (Å²) in [5.74, 6) is -1.51. The maximum atomic E-state index is 13.8. The lowest BCUT2D eigenvalue weighted by atomic mass is 9.95. The first-order valence-electron chi connectivity index (χ1n) is 9.30. The largest absolute Gasteiger partial charge is 0.419 e. The lowest BCUT2D eigenvalue weighted by molar-refractivity contribution is -0.140. The SMILES string of the molecule is Cc1cc(-c2cc(NC(=O)c3ccc(C(F)(F)F)c(F)c3)n(C)n2)ccc1C(C)C. The molecule has 158 valence electrons. The zero-order chi connectivity index (χ0) is 22.2. The van der Waals surface area contributed by atoms with Gasteiger partial charge in [-0.05, 0) is 48.2 Å². The molecule has 0 atom stereocenters. The number of hydrogen-bond donors (Lipinski definition) is 1. The summed E-state index contributed by atoms with van der Waals surface area (Å²) in [5.41, 5.74) is 2.22. The summed E-state index contributed by atoms with van der Waals surface area (Å²) in [5, 5.41) is 6.95. The van der Waals surface area contributed by atoms with Gasteiger partial charge in [-0.25, -0.2) is 4.39 Å². The van der Waals surface area contributed by atoms with Crippen LogP contribution in [-0.4, -0.2) is 15.7 Å². The fourth-order valence-electron chi connectivity index (χ4n) is 3.28. The van der Waals surface area contributed by atoms with Gasteiger partial charge in [-0.1, -0.05) is 26.0 Å². The van der Waals surface area contributed by atoms with Crippen molar-refractivity contribution in [1.82, 2.24) is 9.78 Å². The average molecular weight is 419 g/mol. The lowest BCUT2D eigenvalue weighted by Gasteiger charge is -2.10. The number of benzene rings is 2. The molecule has 1 amide bonds. The minimum absolute atomic E-state index is 0.222. The molecule has 3 aromatic rings. The van der Waals surface area contributed by atoms with E-state index in [1.54, 1.807) is 13.1 Å². The predicted octanol–water partition coefficient (Wildman–Crippen LogP) is 5.93. The van der Waals surface area contributed by atoms with Crippen LogP contribution < -0.4 is 5.32 Å². The third-order valence-corrected chi connectivity index (χ3v) is 4.85. The van der Waals surface area contributed by atoms with Crippen molar-refractivity contribution in [1.29, 1.82) is 0 Å². The highest BCUT2D eigenvalue weighted by atomic mass is 19.4. The highest BCUT2D eigenvalue weighted by Gasteiger charge is 2.34. The number of anilines is 1. The average Bonchev–Trinajstić information content (AvgIpc) is 3.00. The Balaban J connectivity index is 1.83. The van der Waals surface area contributed by atoms with Crippen molar-refractivity contribution >= 4 is 11.7 Å². The van der Waals surface area contributed by atoms with Gasteiger partial charge in [0.25, 0.3) is 5.91 Å². The third kappa shape index (κ3) is 4.37. The quantitative estimate of drug-likeness (QED) is 0.533. The van der Waals surface area contributed by atoms with Gasteiger partial charge in [0.1, 0.15) is 11.6 Å². The number of hydrogen-bond acceptors (Lipinski definition) is 2. The molecule has 0 aliphatic carbocycles. The van der Waals surface area contributed by atoms with Crippen molar-refractivity contribution in [3.63, 3.8) is 0 Å². The Morgan fingerprint density at radius 3 is 2.37 bits per heavy atom. The Bertz CT molecular complexity index is 1100. The van der Waals surface area contributed by atoms with E-state index in [-0.39, 0.29) is 5.56 Å². The zero-order valence-corrected chi connectivity index (χ0v) is 16.9. The Morgan fingerprint density at radius 1 is 1.10 bits per heavy atom. The first kappa shape index (κ1) is 21.5. The fraction of sp³-hybridized carbons (Fsp3) is 0.273. The van der Waals surface area contributed by atoms with Crippen molar-refractivity contribution in [2.24, 2.45) is 7.05 Å². The maximum Gasteiger partial charge on any atom is 0.419 e. The van der Waals surface area contributed by atoms with Gasteiger partial charge in [0.15, 0.2) is 0 Å². The number of aromatic nitrogens is 2. The molecule has 0 bridgehead atoms. The minimum Gasteiger partial charge on any atom is -0.307 e. The maximum absolute atomic E-state index is 13.8.